The molecule has 25 heavy (non-hydrogen) atoms. The number of nitro benzene ring substituents is 2. The number of hydrogen-bond acceptors (Lipinski definition) is 6. The van der Waals surface area contributed by atoms with Crippen LogP contribution in [0.1, 0.15) is 31.9 Å². The lowest BCUT2D eigenvalue weighted by molar-refractivity contribution is -0.394. The molecule has 8 heteroatoms. The molecular formula is C17H20N2O6. The van der Waals surface area contributed by atoms with Crippen molar-refractivity contribution in [2.75, 3.05) is 0 Å². The molecular weight excluding hydrogens is 328 g/mol. The van der Waals surface area contributed by atoms with Crippen LogP contribution in [0.5, 0.6) is 11.5 Å². The van der Waals surface area contributed by atoms with Crippen molar-refractivity contribution in [1.82, 2.24) is 0 Å². The third kappa shape index (κ3) is 5.17. The Bertz CT molecular complexity index is 796. The van der Waals surface area contributed by atoms with Crippen molar-refractivity contribution in [3.8, 4) is 11.5 Å². The molecule has 0 saturated heterocycles. The summed E-state index contributed by atoms with van der Waals surface area (Å²) in [4.78, 5) is 19.1. The Morgan fingerprint density at radius 1 is 0.960 bits per heavy atom. The van der Waals surface area contributed by atoms with Gasteiger partial charge in [0.2, 0.25) is 0 Å². The predicted molar refractivity (Wildman–Crippen MR) is 93.0 cm³/mol. The van der Waals surface area contributed by atoms with Gasteiger partial charge in [0.1, 0.15) is 5.75 Å². The molecule has 8 nitrogen and oxygen atoms in total. The molecule has 0 aliphatic rings. The maximum absolute atomic E-state index is 10.4. The van der Waals surface area contributed by atoms with Crippen LogP contribution < -0.4 is 0 Å². The molecule has 0 amide bonds. The van der Waals surface area contributed by atoms with Crippen LogP contribution in [0, 0.1) is 27.2 Å². The number of hydrogen-bond donors (Lipinski definition) is 2. The van der Waals surface area contributed by atoms with Crippen molar-refractivity contribution in [3.05, 3.63) is 67.8 Å². The van der Waals surface area contributed by atoms with Gasteiger partial charge in [0.05, 0.1) is 15.9 Å². The van der Waals surface area contributed by atoms with Crippen molar-refractivity contribution in [2.45, 2.75) is 33.1 Å². The van der Waals surface area contributed by atoms with E-state index in [0.29, 0.717) is 5.75 Å². The molecule has 2 aromatic carbocycles. The number of aromatic hydroxyl groups is 2. The maximum atomic E-state index is 10.4. The van der Waals surface area contributed by atoms with E-state index in [4.69, 9.17) is 0 Å². The van der Waals surface area contributed by atoms with E-state index in [9.17, 15) is 30.4 Å². The summed E-state index contributed by atoms with van der Waals surface area (Å²) >= 11 is 0. The van der Waals surface area contributed by atoms with E-state index in [0.717, 1.165) is 17.7 Å². The Morgan fingerprint density at radius 3 is 1.92 bits per heavy atom. The van der Waals surface area contributed by atoms with Crippen molar-refractivity contribution in [2.24, 2.45) is 0 Å². The summed E-state index contributed by atoms with van der Waals surface area (Å²) in [6, 6.07) is 9.26. The minimum Gasteiger partial charge on any atom is -0.508 e. The lowest BCUT2D eigenvalue weighted by Crippen LogP contribution is -2.10. The minimum atomic E-state index is -0.866. The van der Waals surface area contributed by atoms with Gasteiger partial charge in [0.15, 0.2) is 5.75 Å². The molecule has 0 fully saturated rings. The van der Waals surface area contributed by atoms with Crippen LogP contribution in [0.3, 0.4) is 0 Å². The fraction of sp³-hybridized carbons (Fsp3) is 0.294. The van der Waals surface area contributed by atoms with Gasteiger partial charge in [-0.25, -0.2) is 0 Å². The Hall–Kier alpha value is -3.16. The second kappa shape index (κ2) is 7.61. The predicted octanol–water partition coefficient (Wildman–Crippen LogP) is 4.21. The third-order valence-corrected chi connectivity index (χ3v) is 3.38. The molecule has 0 unspecified atom stereocenters. The Morgan fingerprint density at radius 2 is 1.52 bits per heavy atom. The van der Waals surface area contributed by atoms with E-state index < -0.39 is 27.0 Å². The smallest absolute Gasteiger partial charge is 0.317 e. The monoisotopic (exact) mass is 348 g/mol. The van der Waals surface area contributed by atoms with Crippen molar-refractivity contribution >= 4 is 11.4 Å². The van der Waals surface area contributed by atoms with Gasteiger partial charge in [-0.15, -0.1) is 0 Å². The van der Waals surface area contributed by atoms with E-state index in [1.54, 1.807) is 6.07 Å². The summed E-state index contributed by atoms with van der Waals surface area (Å²) in [5.41, 5.74) is 0.0697. The molecule has 0 saturated carbocycles. The number of phenols is 2. The Balaban J connectivity index is 0.000000257. The van der Waals surface area contributed by atoms with Crippen molar-refractivity contribution in [3.63, 3.8) is 0 Å². The van der Waals surface area contributed by atoms with Gasteiger partial charge >= 0.3 is 5.69 Å². The van der Waals surface area contributed by atoms with E-state index in [1.165, 1.54) is 6.92 Å². The first kappa shape index (κ1) is 19.9. The van der Waals surface area contributed by atoms with E-state index in [-0.39, 0.29) is 11.0 Å². The van der Waals surface area contributed by atoms with Crippen LogP contribution in [0.15, 0.2) is 36.4 Å². The molecule has 0 bridgehead atoms. The van der Waals surface area contributed by atoms with Gasteiger partial charge in [0.25, 0.3) is 5.69 Å². The number of nitrogens with zero attached hydrogens (tertiary/aromatic N) is 2. The number of rotatable bonds is 2. The Kier molecular flexibility index (Phi) is 6.05. The summed E-state index contributed by atoms with van der Waals surface area (Å²) < 4.78 is 0. The van der Waals surface area contributed by atoms with Gasteiger partial charge in [-0.1, -0.05) is 39.0 Å². The average molecular weight is 348 g/mol. The topological polar surface area (TPSA) is 127 Å². The molecule has 2 N–H and O–H groups in total. The number of para-hydroxylation sites is 1. The zero-order valence-electron chi connectivity index (χ0n) is 14.4. The van der Waals surface area contributed by atoms with Gasteiger partial charge in [-0.05, 0) is 24.0 Å². The maximum Gasteiger partial charge on any atom is 0.317 e. The summed E-state index contributed by atoms with van der Waals surface area (Å²) in [7, 11) is 0. The molecule has 2 aromatic rings. The quantitative estimate of drug-likeness (QED) is 0.618. The highest BCUT2D eigenvalue weighted by Crippen LogP contribution is 2.33. The van der Waals surface area contributed by atoms with E-state index in [1.807, 2.05) is 18.2 Å². The number of aryl methyl sites for hydroxylation is 1. The molecule has 2 rings (SSSR count). The molecule has 134 valence electrons. The lowest BCUT2D eigenvalue weighted by atomic mass is 9.86. The van der Waals surface area contributed by atoms with Crippen LogP contribution in [0.4, 0.5) is 11.4 Å². The molecule has 0 spiro atoms. The van der Waals surface area contributed by atoms with Crippen molar-refractivity contribution in [1.29, 1.82) is 0 Å². The summed E-state index contributed by atoms with van der Waals surface area (Å²) in [5.74, 6) is -0.152. The third-order valence-electron chi connectivity index (χ3n) is 3.38. The fourth-order valence-corrected chi connectivity index (χ4v) is 2.09. The first-order chi connectivity index (χ1) is 11.4. The molecule has 0 aliphatic heterocycles. The summed E-state index contributed by atoms with van der Waals surface area (Å²) in [5, 5.41) is 39.4. The number of benzene rings is 2. The first-order valence-corrected chi connectivity index (χ1v) is 7.36. The number of non-ortho nitro benzene ring substituents is 1. The summed E-state index contributed by atoms with van der Waals surface area (Å²) in [6.45, 7) is 7.61. The summed E-state index contributed by atoms with van der Waals surface area (Å²) in [6.07, 6.45) is 0. The SMILES string of the molecule is CC(C)(C)c1ccccc1O.Cc1cc([N+](=O)[O-])cc([N+](=O)[O-])c1O. The normalized spacial score (nSPS) is 10.6. The zero-order valence-corrected chi connectivity index (χ0v) is 14.4. The molecule has 0 radical (unpaired) electrons. The number of nitro groups is 2. The van der Waals surface area contributed by atoms with Gasteiger partial charge in [0, 0.05) is 11.6 Å². The van der Waals surface area contributed by atoms with Crippen LogP contribution in [0.25, 0.3) is 0 Å². The second-order valence-electron chi connectivity index (χ2n) is 6.41. The zero-order chi connectivity index (χ0) is 19.4. The number of phenolic OH excluding ortho intramolecular Hbond substituents is 2. The highest BCUT2D eigenvalue weighted by molar-refractivity contribution is 5.57. The van der Waals surface area contributed by atoms with E-state index >= 15 is 0 Å². The van der Waals surface area contributed by atoms with Crippen LogP contribution in [-0.2, 0) is 5.41 Å². The average Bonchev–Trinajstić information content (AvgIpc) is 2.49. The molecule has 0 aliphatic carbocycles. The lowest BCUT2D eigenvalue weighted by Gasteiger charge is -2.19. The van der Waals surface area contributed by atoms with Gasteiger partial charge in [-0.3, -0.25) is 20.2 Å². The van der Waals surface area contributed by atoms with E-state index in [2.05, 4.69) is 20.8 Å². The Labute approximate surface area is 144 Å². The minimum absolute atomic E-state index is 0.0331. The highest BCUT2D eigenvalue weighted by atomic mass is 16.6. The molecule has 0 aromatic heterocycles. The van der Waals surface area contributed by atoms with Crippen LogP contribution >= 0.6 is 0 Å². The first-order valence-electron chi connectivity index (χ1n) is 7.36. The van der Waals surface area contributed by atoms with Crippen LogP contribution in [0.2, 0.25) is 0 Å². The standard InChI is InChI=1S/C10H14O.C7H6N2O5/c1-10(2,3)8-6-4-5-7-9(8)11;1-4-2-5(8(11)12)3-6(7(4)10)9(13)14/h4-7,11H,1-3H3;2-3,10H,1H3. The fourth-order valence-electron chi connectivity index (χ4n) is 2.09. The van der Waals surface area contributed by atoms with Gasteiger partial charge in [-0.2, -0.15) is 0 Å². The highest BCUT2D eigenvalue weighted by Gasteiger charge is 2.21. The second-order valence-corrected chi connectivity index (χ2v) is 6.41. The molecule has 0 atom stereocenters. The molecule has 0 heterocycles. The van der Waals surface area contributed by atoms with Gasteiger partial charge < -0.3 is 10.2 Å². The van der Waals surface area contributed by atoms with Crippen LogP contribution in [-0.4, -0.2) is 20.1 Å². The largest absolute Gasteiger partial charge is 0.508 e. The van der Waals surface area contributed by atoms with Crippen molar-refractivity contribution < 1.29 is 20.1 Å².